The Morgan fingerprint density at radius 1 is 1.46 bits per heavy atom. The highest BCUT2D eigenvalue weighted by Crippen LogP contribution is 2.33. The molecule has 0 radical (unpaired) electrons. The summed E-state index contributed by atoms with van der Waals surface area (Å²) >= 11 is 9.52. The van der Waals surface area contributed by atoms with Crippen molar-refractivity contribution in [2.24, 2.45) is 5.73 Å². The highest BCUT2D eigenvalue weighted by molar-refractivity contribution is 9.10. The van der Waals surface area contributed by atoms with Crippen molar-refractivity contribution < 1.29 is 0 Å². The van der Waals surface area contributed by atoms with Gasteiger partial charge in [0.15, 0.2) is 0 Å². The maximum Gasteiger partial charge on any atom is 0.0677 e. The zero-order valence-electron chi connectivity index (χ0n) is 6.98. The van der Waals surface area contributed by atoms with E-state index in [9.17, 15) is 0 Å². The number of benzene rings is 1. The molecule has 1 saturated heterocycles. The molecule has 4 heteroatoms. The Bertz CT molecular complexity index is 336. The average molecular weight is 262 g/mol. The number of nitrogens with one attached hydrogen (secondary N) is 1. The molecule has 1 fully saturated rings. The van der Waals surface area contributed by atoms with Crippen LogP contribution in [0.4, 0.5) is 0 Å². The molecule has 1 aliphatic rings. The molecule has 1 aromatic carbocycles. The molecule has 0 bridgehead atoms. The topological polar surface area (TPSA) is 38.0 Å². The highest BCUT2D eigenvalue weighted by atomic mass is 79.9. The molecule has 0 unspecified atom stereocenters. The molecule has 1 aromatic rings. The summed E-state index contributed by atoms with van der Waals surface area (Å²) in [7, 11) is 0. The van der Waals surface area contributed by atoms with Crippen LogP contribution in [0.2, 0.25) is 5.02 Å². The van der Waals surface area contributed by atoms with Crippen LogP contribution in [0.25, 0.3) is 0 Å². The van der Waals surface area contributed by atoms with Gasteiger partial charge in [-0.25, -0.2) is 0 Å². The summed E-state index contributed by atoms with van der Waals surface area (Å²) in [4.78, 5) is 0. The Hall–Kier alpha value is -0.0900. The molecule has 3 N–H and O–H groups in total. The highest BCUT2D eigenvalue weighted by Gasteiger charge is 2.36. The van der Waals surface area contributed by atoms with E-state index in [0.29, 0.717) is 0 Å². The standard InChI is InChI=1S/C9H10BrClN2/c10-7-3-1-2-6(8(7)11)9(12)4-13-5-9/h1-3,13H,4-5,12H2. The summed E-state index contributed by atoms with van der Waals surface area (Å²) in [6, 6.07) is 5.85. The second kappa shape index (κ2) is 3.24. The van der Waals surface area contributed by atoms with Gasteiger partial charge in [-0.15, -0.1) is 0 Å². The van der Waals surface area contributed by atoms with Crippen LogP contribution >= 0.6 is 27.5 Å². The largest absolute Gasteiger partial charge is 0.319 e. The molecule has 2 rings (SSSR count). The predicted molar refractivity (Wildman–Crippen MR) is 57.9 cm³/mol. The summed E-state index contributed by atoms with van der Waals surface area (Å²) in [5, 5.41) is 3.88. The number of hydrogen-bond donors (Lipinski definition) is 2. The Kier molecular flexibility index (Phi) is 2.36. The van der Waals surface area contributed by atoms with Gasteiger partial charge in [0.1, 0.15) is 0 Å². The summed E-state index contributed by atoms with van der Waals surface area (Å²) in [5.74, 6) is 0. The van der Waals surface area contributed by atoms with Crippen LogP contribution in [0.3, 0.4) is 0 Å². The average Bonchev–Trinajstić information content (AvgIpc) is 2.06. The molecule has 70 valence electrons. The summed E-state index contributed by atoms with van der Waals surface area (Å²) in [6.07, 6.45) is 0. The van der Waals surface area contributed by atoms with E-state index in [1.165, 1.54) is 0 Å². The van der Waals surface area contributed by atoms with Gasteiger partial charge in [-0.2, -0.15) is 0 Å². The Balaban J connectivity index is 2.45. The molecule has 1 aliphatic heterocycles. The van der Waals surface area contributed by atoms with Gasteiger partial charge in [0, 0.05) is 17.6 Å². The van der Waals surface area contributed by atoms with Gasteiger partial charge in [-0.3, -0.25) is 0 Å². The van der Waals surface area contributed by atoms with Crippen LogP contribution in [0.1, 0.15) is 5.56 Å². The fourth-order valence-corrected chi connectivity index (χ4v) is 2.15. The van der Waals surface area contributed by atoms with Crippen LogP contribution in [0, 0.1) is 0 Å². The van der Waals surface area contributed by atoms with E-state index in [-0.39, 0.29) is 5.54 Å². The van der Waals surface area contributed by atoms with E-state index < -0.39 is 0 Å². The second-order valence-electron chi connectivity index (χ2n) is 3.36. The quantitative estimate of drug-likeness (QED) is 0.810. The third-order valence-electron chi connectivity index (χ3n) is 2.37. The van der Waals surface area contributed by atoms with E-state index in [4.69, 9.17) is 17.3 Å². The van der Waals surface area contributed by atoms with Crippen molar-refractivity contribution in [2.75, 3.05) is 13.1 Å². The van der Waals surface area contributed by atoms with E-state index in [1.54, 1.807) is 0 Å². The summed E-state index contributed by atoms with van der Waals surface area (Å²) in [6.45, 7) is 1.59. The fourth-order valence-electron chi connectivity index (χ4n) is 1.47. The molecule has 0 amide bonds. The van der Waals surface area contributed by atoms with E-state index in [0.717, 1.165) is 28.1 Å². The van der Waals surface area contributed by atoms with Crippen molar-refractivity contribution in [3.05, 3.63) is 33.3 Å². The maximum atomic E-state index is 6.14. The maximum absolute atomic E-state index is 6.14. The Morgan fingerprint density at radius 2 is 2.15 bits per heavy atom. The number of hydrogen-bond acceptors (Lipinski definition) is 2. The summed E-state index contributed by atoms with van der Waals surface area (Å²) in [5.41, 5.74) is 6.87. The fraction of sp³-hybridized carbons (Fsp3) is 0.333. The van der Waals surface area contributed by atoms with Gasteiger partial charge in [0.05, 0.1) is 10.6 Å². The van der Waals surface area contributed by atoms with E-state index in [1.807, 2.05) is 18.2 Å². The SMILES string of the molecule is NC1(c2cccc(Br)c2Cl)CNC1. The molecule has 0 atom stereocenters. The van der Waals surface area contributed by atoms with Gasteiger partial charge in [0.25, 0.3) is 0 Å². The first-order chi connectivity index (χ1) is 6.13. The lowest BCUT2D eigenvalue weighted by Crippen LogP contribution is -2.62. The van der Waals surface area contributed by atoms with Gasteiger partial charge in [-0.05, 0) is 27.6 Å². The molecule has 0 aromatic heterocycles. The van der Waals surface area contributed by atoms with Crippen LogP contribution in [-0.2, 0) is 5.54 Å². The van der Waals surface area contributed by atoms with Crippen LogP contribution in [-0.4, -0.2) is 13.1 Å². The van der Waals surface area contributed by atoms with Crippen LogP contribution < -0.4 is 11.1 Å². The minimum Gasteiger partial charge on any atom is -0.319 e. The molecule has 0 saturated carbocycles. The normalized spacial score (nSPS) is 19.6. The first-order valence-electron chi connectivity index (χ1n) is 4.07. The molecular weight excluding hydrogens is 251 g/mol. The van der Waals surface area contributed by atoms with E-state index in [2.05, 4.69) is 21.2 Å². The summed E-state index contributed by atoms with van der Waals surface area (Å²) < 4.78 is 0.906. The smallest absolute Gasteiger partial charge is 0.0677 e. The molecule has 0 spiro atoms. The second-order valence-corrected chi connectivity index (χ2v) is 4.59. The van der Waals surface area contributed by atoms with Crippen molar-refractivity contribution in [1.29, 1.82) is 0 Å². The van der Waals surface area contributed by atoms with Gasteiger partial charge in [0.2, 0.25) is 0 Å². The lowest BCUT2D eigenvalue weighted by molar-refractivity contribution is 0.287. The predicted octanol–water partition coefficient (Wildman–Crippen LogP) is 1.86. The monoisotopic (exact) mass is 260 g/mol. The van der Waals surface area contributed by atoms with Crippen molar-refractivity contribution in [3.63, 3.8) is 0 Å². The van der Waals surface area contributed by atoms with Crippen molar-refractivity contribution in [1.82, 2.24) is 5.32 Å². The Labute approximate surface area is 90.6 Å². The van der Waals surface area contributed by atoms with Crippen molar-refractivity contribution in [3.8, 4) is 0 Å². The zero-order chi connectivity index (χ0) is 9.47. The number of nitrogens with two attached hydrogens (primary N) is 1. The molecule has 13 heavy (non-hydrogen) atoms. The minimum atomic E-state index is -0.277. The Morgan fingerprint density at radius 3 is 2.69 bits per heavy atom. The number of halogens is 2. The first kappa shape index (κ1) is 9.46. The minimum absolute atomic E-state index is 0.277. The molecule has 0 aliphatic carbocycles. The van der Waals surface area contributed by atoms with Gasteiger partial charge < -0.3 is 11.1 Å². The molecular formula is C9H10BrClN2. The zero-order valence-corrected chi connectivity index (χ0v) is 9.32. The van der Waals surface area contributed by atoms with Gasteiger partial charge >= 0.3 is 0 Å². The third kappa shape index (κ3) is 1.50. The first-order valence-corrected chi connectivity index (χ1v) is 5.25. The lowest BCUT2D eigenvalue weighted by Gasteiger charge is -2.40. The van der Waals surface area contributed by atoms with Crippen molar-refractivity contribution in [2.45, 2.75) is 5.54 Å². The van der Waals surface area contributed by atoms with Crippen LogP contribution in [0.15, 0.2) is 22.7 Å². The lowest BCUT2D eigenvalue weighted by atomic mass is 9.85. The number of rotatable bonds is 1. The van der Waals surface area contributed by atoms with Crippen LogP contribution in [0.5, 0.6) is 0 Å². The van der Waals surface area contributed by atoms with Gasteiger partial charge in [-0.1, -0.05) is 23.7 Å². The van der Waals surface area contributed by atoms with E-state index >= 15 is 0 Å². The third-order valence-corrected chi connectivity index (χ3v) is 3.67. The molecule has 2 nitrogen and oxygen atoms in total. The molecule has 1 heterocycles. The van der Waals surface area contributed by atoms with Crippen molar-refractivity contribution >= 4 is 27.5 Å².